The lowest BCUT2D eigenvalue weighted by atomic mass is 9.78. The Labute approximate surface area is 109 Å². The molecule has 2 aliphatic rings. The monoisotopic (exact) mass is 255 g/mol. The zero-order chi connectivity index (χ0) is 12.8. The van der Waals surface area contributed by atoms with Gasteiger partial charge in [-0.15, -0.1) is 0 Å². The van der Waals surface area contributed by atoms with Crippen LogP contribution in [0.4, 0.5) is 0 Å². The van der Waals surface area contributed by atoms with Gasteiger partial charge in [0.1, 0.15) is 5.78 Å². The van der Waals surface area contributed by atoms with Crippen LogP contribution in [0.5, 0.6) is 0 Å². The fourth-order valence-electron chi connectivity index (χ4n) is 3.04. The lowest BCUT2D eigenvalue weighted by Gasteiger charge is -2.43. The average Bonchev–Trinajstić information content (AvgIpc) is 2.40. The van der Waals surface area contributed by atoms with Crippen molar-refractivity contribution in [2.24, 2.45) is 5.92 Å². The predicted molar refractivity (Wildman–Crippen MR) is 69.6 cm³/mol. The van der Waals surface area contributed by atoms with E-state index in [-0.39, 0.29) is 11.5 Å². The summed E-state index contributed by atoms with van der Waals surface area (Å²) in [7, 11) is 1.93. The van der Waals surface area contributed by atoms with E-state index in [2.05, 4.69) is 5.32 Å². The normalized spacial score (nSPS) is 27.3. The molecular formula is C14H25NO3. The van der Waals surface area contributed by atoms with E-state index in [9.17, 15) is 4.79 Å². The van der Waals surface area contributed by atoms with Crippen LogP contribution in [-0.4, -0.2) is 44.8 Å². The fourth-order valence-corrected chi connectivity index (χ4v) is 3.04. The van der Waals surface area contributed by atoms with Gasteiger partial charge in [0.2, 0.25) is 0 Å². The van der Waals surface area contributed by atoms with E-state index in [0.29, 0.717) is 12.2 Å². The van der Waals surface area contributed by atoms with Gasteiger partial charge in [0.15, 0.2) is 0 Å². The largest absolute Gasteiger partial charge is 0.381 e. The topological polar surface area (TPSA) is 47.6 Å². The zero-order valence-corrected chi connectivity index (χ0v) is 11.4. The van der Waals surface area contributed by atoms with Gasteiger partial charge in [0.25, 0.3) is 0 Å². The summed E-state index contributed by atoms with van der Waals surface area (Å²) in [5.74, 6) is 0.646. The van der Waals surface area contributed by atoms with Crippen LogP contribution in [0.1, 0.15) is 38.5 Å². The molecule has 2 rings (SSSR count). The Morgan fingerprint density at radius 1 is 1.33 bits per heavy atom. The Kier molecular flexibility index (Phi) is 5.15. The maximum Gasteiger partial charge on any atom is 0.136 e. The first-order valence-electron chi connectivity index (χ1n) is 7.15. The van der Waals surface area contributed by atoms with Crippen LogP contribution >= 0.6 is 0 Å². The summed E-state index contributed by atoms with van der Waals surface area (Å²) in [6.07, 6.45) is 5.37. The van der Waals surface area contributed by atoms with Crippen LogP contribution in [0.15, 0.2) is 0 Å². The minimum absolute atomic E-state index is 0.0557. The van der Waals surface area contributed by atoms with Crippen molar-refractivity contribution in [3.8, 4) is 0 Å². The van der Waals surface area contributed by atoms with E-state index in [4.69, 9.17) is 9.47 Å². The Hall–Kier alpha value is -0.450. The second-order valence-corrected chi connectivity index (χ2v) is 5.51. The summed E-state index contributed by atoms with van der Waals surface area (Å²) in [5, 5.41) is 3.09. The average molecular weight is 255 g/mol. The zero-order valence-electron chi connectivity index (χ0n) is 11.4. The van der Waals surface area contributed by atoms with Crippen molar-refractivity contribution in [1.29, 1.82) is 0 Å². The molecule has 1 N–H and O–H groups in total. The highest BCUT2D eigenvalue weighted by Gasteiger charge is 2.40. The number of hydrogen-bond donors (Lipinski definition) is 1. The third-order valence-corrected chi connectivity index (χ3v) is 4.20. The van der Waals surface area contributed by atoms with Crippen molar-refractivity contribution in [3.05, 3.63) is 0 Å². The summed E-state index contributed by atoms with van der Waals surface area (Å²) in [5.41, 5.74) is -0.0557. The highest BCUT2D eigenvalue weighted by Crippen LogP contribution is 2.37. The van der Waals surface area contributed by atoms with E-state index in [1.165, 1.54) is 0 Å². The van der Waals surface area contributed by atoms with Crippen LogP contribution in [0, 0.1) is 5.92 Å². The molecule has 4 heteroatoms. The van der Waals surface area contributed by atoms with Crippen LogP contribution < -0.4 is 5.32 Å². The van der Waals surface area contributed by atoms with Gasteiger partial charge in [-0.1, -0.05) is 0 Å². The van der Waals surface area contributed by atoms with E-state index in [1.54, 1.807) is 0 Å². The van der Waals surface area contributed by atoms with Crippen molar-refractivity contribution in [2.75, 3.05) is 33.4 Å². The number of rotatable bonds is 5. The molecule has 0 amide bonds. The van der Waals surface area contributed by atoms with Gasteiger partial charge in [-0.2, -0.15) is 0 Å². The standard InChI is InChI=1S/C14H25NO3/c1-15-7-2-3-13(16)12-4-8-18-14(11-12)5-9-17-10-6-14/h12,15H,2-11H2,1H3. The fraction of sp³-hybridized carbons (Fsp3) is 0.929. The first-order chi connectivity index (χ1) is 8.76. The molecule has 104 valence electrons. The molecule has 18 heavy (non-hydrogen) atoms. The van der Waals surface area contributed by atoms with E-state index >= 15 is 0 Å². The van der Waals surface area contributed by atoms with Gasteiger partial charge in [0.05, 0.1) is 5.60 Å². The van der Waals surface area contributed by atoms with Gasteiger partial charge in [0, 0.05) is 32.2 Å². The van der Waals surface area contributed by atoms with Crippen LogP contribution in [0.3, 0.4) is 0 Å². The minimum atomic E-state index is -0.0557. The Balaban J connectivity index is 1.83. The van der Waals surface area contributed by atoms with Gasteiger partial charge in [-0.25, -0.2) is 0 Å². The molecular weight excluding hydrogens is 230 g/mol. The van der Waals surface area contributed by atoms with Crippen molar-refractivity contribution < 1.29 is 14.3 Å². The van der Waals surface area contributed by atoms with E-state index in [1.807, 2.05) is 7.05 Å². The molecule has 2 fully saturated rings. The van der Waals surface area contributed by atoms with Gasteiger partial charge in [-0.05, 0) is 45.7 Å². The van der Waals surface area contributed by atoms with Crippen molar-refractivity contribution in [2.45, 2.75) is 44.1 Å². The molecule has 1 unspecified atom stereocenters. The third kappa shape index (κ3) is 3.53. The number of carbonyl (C=O) groups excluding carboxylic acids is 1. The van der Waals surface area contributed by atoms with Crippen molar-refractivity contribution in [3.63, 3.8) is 0 Å². The third-order valence-electron chi connectivity index (χ3n) is 4.20. The lowest BCUT2D eigenvalue weighted by Crippen LogP contribution is -2.45. The van der Waals surface area contributed by atoms with Crippen molar-refractivity contribution >= 4 is 5.78 Å². The van der Waals surface area contributed by atoms with E-state index in [0.717, 1.165) is 58.5 Å². The SMILES string of the molecule is CNCCCC(=O)C1CCOC2(CCOCC2)C1. The van der Waals surface area contributed by atoms with Gasteiger partial charge >= 0.3 is 0 Å². The second-order valence-electron chi connectivity index (χ2n) is 5.51. The maximum atomic E-state index is 12.2. The van der Waals surface area contributed by atoms with Crippen LogP contribution in [0.25, 0.3) is 0 Å². The quantitative estimate of drug-likeness (QED) is 0.757. The summed E-state index contributed by atoms with van der Waals surface area (Å²) >= 11 is 0. The molecule has 1 spiro atoms. The van der Waals surface area contributed by atoms with Crippen LogP contribution in [0.2, 0.25) is 0 Å². The number of hydrogen-bond acceptors (Lipinski definition) is 4. The molecule has 0 aromatic carbocycles. The number of carbonyl (C=O) groups is 1. The molecule has 0 bridgehead atoms. The summed E-state index contributed by atoms with van der Waals surface area (Å²) < 4.78 is 11.4. The molecule has 2 heterocycles. The molecule has 0 radical (unpaired) electrons. The highest BCUT2D eigenvalue weighted by atomic mass is 16.5. The first-order valence-corrected chi connectivity index (χ1v) is 7.15. The number of ether oxygens (including phenoxy) is 2. The molecule has 4 nitrogen and oxygen atoms in total. The molecule has 2 aliphatic heterocycles. The number of nitrogens with one attached hydrogen (secondary N) is 1. The van der Waals surface area contributed by atoms with Gasteiger partial charge < -0.3 is 14.8 Å². The first kappa shape index (κ1) is 14.0. The molecule has 0 aromatic heterocycles. The predicted octanol–water partition coefficient (Wildman–Crippen LogP) is 1.53. The molecule has 1 atom stereocenters. The smallest absolute Gasteiger partial charge is 0.136 e. The number of ketones is 1. The second kappa shape index (κ2) is 6.64. The molecule has 0 aromatic rings. The minimum Gasteiger partial charge on any atom is -0.381 e. The Morgan fingerprint density at radius 3 is 2.83 bits per heavy atom. The van der Waals surface area contributed by atoms with Crippen molar-refractivity contribution in [1.82, 2.24) is 5.32 Å². The summed E-state index contributed by atoms with van der Waals surface area (Å²) in [6.45, 7) is 3.22. The molecule has 0 saturated carbocycles. The Bertz CT molecular complexity index is 269. The van der Waals surface area contributed by atoms with Crippen LogP contribution in [-0.2, 0) is 14.3 Å². The lowest BCUT2D eigenvalue weighted by molar-refractivity contribution is -0.157. The molecule has 0 aliphatic carbocycles. The number of Topliss-reactive ketones (excluding diaryl/α,β-unsaturated/α-hetero) is 1. The van der Waals surface area contributed by atoms with Gasteiger partial charge in [-0.3, -0.25) is 4.79 Å². The summed E-state index contributed by atoms with van der Waals surface area (Å²) in [4.78, 5) is 12.2. The maximum absolute atomic E-state index is 12.2. The molecule has 2 saturated heterocycles. The summed E-state index contributed by atoms with van der Waals surface area (Å²) in [6, 6.07) is 0. The van der Waals surface area contributed by atoms with E-state index < -0.39 is 0 Å². The highest BCUT2D eigenvalue weighted by molar-refractivity contribution is 5.81. The Morgan fingerprint density at radius 2 is 2.11 bits per heavy atom.